The van der Waals surface area contributed by atoms with Crippen molar-refractivity contribution >= 4 is 17.7 Å². The van der Waals surface area contributed by atoms with Gasteiger partial charge in [0, 0.05) is 11.3 Å². The molecule has 1 aliphatic rings. The monoisotopic (exact) mass is 254 g/mol. The summed E-state index contributed by atoms with van der Waals surface area (Å²) in [5, 5.41) is 0.354. The van der Waals surface area contributed by atoms with Gasteiger partial charge in [0.1, 0.15) is 0 Å². The molecule has 0 heterocycles. The van der Waals surface area contributed by atoms with Gasteiger partial charge in [-0.05, 0) is 38.4 Å². The van der Waals surface area contributed by atoms with E-state index in [4.69, 9.17) is 4.74 Å². The summed E-state index contributed by atoms with van der Waals surface area (Å²) in [5.41, 5.74) is 1.34. The Kier molecular flexibility index (Phi) is 6.41. The summed E-state index contributed by atoms with van der Waals surface area (Å²) >= 11 is 1.78. The van der Waals surface area contributed by atoms with Crippen molar-refractivity contribution in [2.45, 2.75) is 37.9 Å². The smallest absolute Gasteiger partial charge is 0.330 e. The van der Waals surface area contributed by atoms with Crippen LogP contribution < -0.4 is 0 Å². The maximum Gasteiger partial charge on any atom is 0.330 e. The van der Waals surface area contributed by atoms with E-state index in [0.29, 0.717) is 17.8 Å². The van der Waals surface area contributed by atoms with E-state index in [0.717, 1.165) is 6.42 Å². The minimum atomic E-state index is -0.243. The fourth-order valence-corrected chi connectivity index (χ4v) is 3.14. The zero-order valence-electron chi connectivity index (χ0n) is 10.8. The number of ether oxygens (including phenoxy) is 1. The molecule has 0 spiro atoms. The highest BCUT2D eigenvalue weighted by Crippen LogP contribution is 2.35. The Morgan fingerprint density at radius 2 is 2.41 bits per heavy atom. The molecule has 1 fully saturated rings. The van der Waals surface area contributed by atoms with Gasteiger partial charge in [0.2, 0.25) is 0 Å². The van der Waals surface area contributed by atoms with E-state index in [2.05, 4.69) is 12.8 Å². The lowest BCUT2D eigenvalue weighted by Gasteiger charge is -2.29. The lowest BCUT2D eigenvalue weighted by atomic mass is 9.83. The number of hydrogen-bond acceptors (Lipinski definition) is 3. The van der Waals surface area contributed by atoms with E-state index < -0.39 is 0 Å². The average Bonchev–Trinajstić information content (AvgIpc) is 2.32. The molecule has 0 bridgehead atoms. The van der Waals surface area contributed by atoms with Crippen molar-refractivity contribution in [3.05, 3.63) is 24.3 Å². The van der Waals surface area contributed by atoms with Gasteiger partial charge in [-0.25, -0.2) is 4.79 Å². The summed E-state index contributed by atoms with van der Waals surface area (Å²) in [6.07, 6.45) is 10.5. The highest BCUT2D eigenvalue weighted by Gasteiger charge is 2.24. The first kappa shape index (κ1) is 14.4. The van der Waals surface area contributed by atoms with E-state index in [9.17, 15) is 4.79 Å². The molecular formula is C14H22O2S. The molecule has 0 aromatic carbocycles. The largest absolute Gasteiger partial charge is 0.463 e. The normalized spacial score (nSPS) is 22.7. The molecule has 96 valence electrons. The van der Waals surface area contributed by atoms with Crippen LogP contribution in [0.15, 0.2) is 24.3 Å². The third kappa shape index (κ3) is 4.58. The molecule has 0 N–H and O–H groups in total. The van der Waals surface area contributed by atoms with Crippen molar-refractivity contribution < 1.29 is 9.53 Å². The first-order valence-electron chi connectivity index (χ1n) is 6.24. The molecular weight excluding hydrogens is 232 g/mol. The number of hydrogen-bond donors (Lipinski definition) is 0. The fraction of sp³-hybridized carbons (Fsp3) is 0.643. The van der Waals surface area contributed by atoms with Gasteiger partial charge in [0.15, 0.2) is 0 Å². The molecule has 0 radical (unpaired) electrons. The predicted molar refractivity (Wildman–Crippen MR) is 74.2 cm³/mol. The summed E-state index contributed by atoms with van der Waals surface area (Å²) in [6.45, 7) is 6.42. The lowest BCUT2D eigenvalue weighted by molar-refractivity contribution is -0.137. The molecule has 2 nitrogen and oxygen atoms in total. The first-order chi connectivity index (χ1) is 8.19. The minimum Gasteiger partial charge on any atom is -0.463 e. The molecule has 2 atom stereocenters. The summed E-state index contributed by atoms with van der Waals surface area (Å²) in [5.74, 6) is 0.275. The third-order valence-electron chi connectivity index (χ3n) is 3.16. The molecule has 17 heavy (non-hydrogen) atoms. The molecule has 3 heteroatoms. The first-order valence-corrected chi connectivity index (χ1v) is 7.53. The topological polar surface area (TPSA) is 26.3 Å². The van der Waals surface area contributed by atoms with Crippen LogP contribution in [0.4, 0.5) is 0 Å². The van der Waals surface area contributed by atoms with Crippen LogP contribution >= 0.6 is 11.8 Å². The van der Waals surface area contributed by atoms with E-state index in [-0.39, 0.29) is 5.97 Å². The van der Waals surface area contributed by atoms with Crippen LogP contribution in [0.1, 0.15) is 32.6 Å². The van der Waals surface area contributed by atoms with Crippen LogP contribution in [0.2, 0.25) is 0 Å². The molecule has 2 unspecified atom stereocenters. The minimum absolute atomic E-state index is 0.243. The number of thioether (sulfide) groups is 1. The van der Waals surface area contributed by atoms with Gasteiger partial charge in [0.05, 0.1) is 6.61 Å². The SMILES string of the molecule is C=C1CCCCC1C(C=CC(=O)OCC)SC. The Hall–Kier alpha value is -0.700. The van der Waals surface area contributed by atoms with Gasteiger partial charge in [-0.2, -0.15) is 11.8 Å². The molecule has 1 rings (SSSR count). The Balaban J connectivity index is 2.57. The van der Waals surface area contributed by atoms with Crippen LogP contribution in [-0.2, 0) is 9.53 Å². The van der Waals surface area contributed by atoms with E-state index >= 15 is 0 Å². The number of carbonyl (C=O) groups excluding carboxylic acids is 1. The van der Waals surface area contributed by atoms with Gasteiger partial charge >= 0.3 is 5.97 Å². The van der Waals surface area contributed by atoms with E-state index in [1.54, 1.807) is 17.8 Å². The third-order valence-corrected chi connectivity index (χ3v) is 4.19. The maximum absolute atomic E-state index is 11.3. The van der Waals surface area contributed by atoms with Crippen molar-refractivity contribution in [3.8, 4) is 0 Å². The number of allylic oxidation sites excluding steroid dienone is 1. The van der Waals surface area contributed by atoms with Gasteiger partial charge < -0.3 is 4.74 Å². The molecule has 1 aliphatic carbocycles. The summed E-state index contributed by atoms with van der Waals surface area (Å²) in [4.78, 5) is 11.3. The summed E-state index contributed by atoms with van der Waals surface area (Å²) in [7, 11) is 0. The highest BCUT2D eigenvalue weighted by atomic mass is 32.2. The van der Waals surface area contributed by atoms with Crippen LogP contribution in [0, 0.1) is 5.92 Å². The molecule has 0 amide bonds. The second kappa shape index (κ2) is 7.59. The molecule has 0 saturated heterocycles. The predicted octanol–water partition coefficient (Wildman–Crippen LogP) is 3.58. The second-order valence-electron chi connectivity index (χ2n) is 4.32. The lowest BCUT2D eigenvalue weighted by Crippen LogP contribution is -2.20. The van der Waals surface area contributed by atoms with Crippen molar-refractivity contribution in [2.75, 3.05) is 12.9 Å². The number of rotatable bonds is 5. The average molecular weight is 254 g/mol. The van der Waals surface area contributed by atoms with Crippen LogP contribution in [0.25, 0.3) is 0 Å². The Labute approximate surface area is 108 Å². The van der Waals surface area contributed by atoms with E-state index in [1.165, 1.54) is 24.8 Å². The Morgan fingerprint density at radius 3 is 3.00 bits per heavy atom. The zero-order chi connectivity index (χ0) is 12.7. The number of esters is 1. The molecule has 0 aromatic rings. The standard InChI is InChI=1S/C14H22O2S/c1-4-16-14(15)10-9-13(17-3)12-8-6-5-7-11(12)2/h9-10,12-13H,2,4-8H2,1,3H3. The van der Waals surface area contributed by atoms with Gasteiger partial charge in [0.25, 0.3) is 0 Å². The second-order valence-corrected chi connectivity index (χ2v) is 5.34. The summed E-state index contributed by atoms with van der Waals surface area (Å²) in [6, 6.07) is 0. The fourth-order valence-electron chi connectivity index (χ4n) is 2.24. The zero-order valence-corrected chi connectivity index (χ0v) is 11.6. The van der Waals surface area contributed by atoms with Gasteiger partial charge in [-0.3, -0.25) is 0 Å². The van der Waals surface area contributed by atoms with Crippen molar-refractivity contribution in [1.82, 2.24) is 0 Å². The summed E-state index contributed by atoms with van der Waals surface area (Å²) < 4.78 is 4.89. The van der Waals surface area contributed by atoms with Crippen LogP contribution in [0.3, 0.4) is 0 Å². The van der Waals surface area contributed by atoms with Crippen molar-refractivity contribution in [1.29, 1.82) is 0 Å². The Morgan fingerprint density at radius 1 is 1.65 bits per heavy atom. The molecule has 0 aromatic heterocycles. The quantitative estimate of drug-likeness (QED) is 0.426. The van der Waals surface area contributed by atoms with Gasteiger partial charge in [-0.1, -0.05) is 24.6 Å². The highest BCUT2D eigenvalue weighted by molar-refractivity contribution is 7.99. The van der Waals surface area contributed by atoms with Crippen molar-refractivity contribution in [3.63, 3.8) is 0 Å². The molecule has 0 aliphatic heterocycles. The van der Waals surface area contributed by atoms with Crippen molar-refractivity contribution in [2.24, 2.45) is 5.92 Å². The van der Waals surface area contributed by atoms with E-state index in [1.807, 2.05) is 13.0 Å². The Bertz CT molecular complexity index is 297. The van der Waals surface area contributed by atoms with Crippen LogP contribution in [-0.4, -0.2) is 24.1 Å². The van der Waals surface area contributed by atoms with Crippen LogP contribution in [0.5, 0.6) is 0 Å². The number of carbonyl (C=O) groups is 1. The molecule has 1 saturated carbocycles. The van der Waals surface area contributed by atoms with Gasteiger partial charge in [-0.15, -0.1) is 0 Å². The maximum atomic E-state index is 11.3.